The van der Waals surface area contributed by atoms with Gasteiger partial charge in [0.25, 0.3) is 0 Å². The minimum Gasteiger partial charge on any atom is -0.497 e. The van der Waals surface area contributed by atoms with E-state index < -0.39 is 28.9 Å². The number of carbonyl (C=O) groups excluding carboxylic acids is 2. The summed E-state index contributed by atoms with van der Waals surface area (Å²) in [4.78, 5) is 35.4. The highest BCUT2D eigenvalue weighted by Gasteiger charge is 2.55. The second-order valence-electron chi connectivity index (χ2n) is 12.7. The van der Waals surface area contributed by atoms with Crippen LogP contribution in [0.2, 0.25) is 0 Å². The maximum atomic E-state index is 14.0. The Balaban J connectivity index is 1.94. The number of hydrogen-bond acceptors (Lipinski definition) is 5. The van der Waals surface area contributed by atoms with E-state index in [1.807, 2.05) is 81.4 Å². The van der Waals surface area contributed by atoms with Crippen LogP contribution in [-0.4, -0.2) is 51.8 Å². The highest BCUT2D eigenvalue weighted by molar-refractivity contribution is 6.04. The van der Waals surface area contributed by atoms with E-state index in [1.54, 1.807) is 27.9 Å². The Hall–Kier alpha value is -3.81. The molecule has 1 aliphatic carbocycles. The lowest BCUT2D eigenvalue weighted by atomic mass is 9.78. The first-order chi connectivity index (χ1) is 19.3. The molecule has 2 aromatic rings. The average molecular weight is 562 g/mol. The van der Waals surface area contributed by atoms with E-state index >= 15 is 0 Å². The van der Waals surface area contributed by atoms with Gasteiger partial charge in [-0.2, -0.15) is 0 Å². The number of amides is 2. The lowest BCUT2D eigenvalue weighted by molar-refractivity contribution is 0.0408. The molecule has 0 N–H and O–H groups in total. The van der Waals surface area contributed by atoms with Gasteiger partial charge < -0.3 is 19.1 Å². The monoisotopic (exact) mass is 561 g/mol. The first kappa shape index (κ1) is 30.2. The summed E-state index contributed by atoms with van der Waals surface area (Å²) in [7, 11) is 1.64. The van der Waals surface area contributed by atoms with Gasteiger partial charge in [0.1, 0.15) is 17.0 Å². The Morgan fingerprint density at radius 3 is 2.05 bits per heavy atom. The number of nitrogens with zero attached hydrogens (tertiary/aromatic N) is 3. The van der Waals surface area contributed by atoms with Crippen LogP contribution in [0.3, 0.4) is 0 Å². The topological polar surface area (TPSA) is 80.7 Å². The molecule has 1 saturated carbocycles. The number of rotatable bonds is 4. The van der Waals surface area contributed by atoms with E-state index in [0.717, 1.165) is 54.7 Å². The second kappa shape index (κ2) is 12.0. The van der Waals surface area contributed by atoms with Crippen LogP contribution in [0.4, 0.5) is 9.59 Å². The Kier molecular flexibility index (Phi) is 8.80. The largest absolute Gasteiger partial charge is 0.497 e. The molecule has 2 aromatic carbocycles. The second-order valence-corrected chi connectivity index (χ2v) is 12.7. The van der Waals surface area contributed by atoms with Crippen LogP contribution in [-0.2, 0) is 16.0 Å². The van der Waals surface area contributed by atoms with E-state index in [9.17, 15) is 9.59 Å². The zero-order chi connectivity index (χ0) is 29.8. The molecule has 0 atom stereocenters. The Labute approximate surface area is 244 Å². The van der Waals surface area contributed by atoms with Gasteiger partial charge in [0.2, 0.25) is 5.96 Å². The molecule has 8 heteroatoms. The fourth-order valence-corrected chi connectivity index (χ4v) is 5.43. The summed E-state index contributed by atoms with van der Waals surface area (Å²) in [6.07, 6.45) is 5.36. The van der Waals surface area contributed by atoms with Crippen LogP contribution in [0.25, 0.3) is 6.08 Å². The molecule has 41 heavy (non-hydrogen) atoms. The average Bonchev–Trinajstić information content (AvgIpc) is 3.11. The van der Waals surface area contributed by atoms with Crippen LogP contribution in [0, 0.1) is 0 Å². The van der Waals surface area contributed by atoms with Gasteiger partial charge >= 0.3 is 12.2 Å². The SMILES string of the molecule is COc1ccc(CN2/C(=N/C(=O)OC(C)(C)C)N(C(=O)OC(C)(C)C)/C(=C\c3ccccc3)C23CCCCC3)cc1. The number of methoxy groups -OCH3 is 1. The Morgan fingerprint density at radius 2 is 1.49 bits per heavy atom. The molecule has 220 valence electrons. The number of aliphatic imine (C=N–C) groups is 1. The summed E-state index contributed by atoms with van der Waals surface area (Å²) < 4.78 is 16.9. The molecule has 1 heterocycles. The quantitative estimate of drug-likeness (QED) is 0.379. The third kappa shape index (κ3) is 7.29. The Morgan fingerprint density at radius 1 is 0.878 bits per heavy atom. The van der Waals surface area contributed by atoms with Crippen molar-refractivity contribution in [3.05, 3.63) is 71.4 Å². The maximum absolute atomic E-state index is 14.0. The minimum absolute atomic E-state index is 0.216. The molecule has 8 nitrogen and oxygen atoms in total. The van der Waals surface area contributed by atoms with Crippen molar-refractivity contribution < 1.29 is 23.8 Å². The molecular formula is C33H43N3O5. The van der Waals surface area contributed by atoms with E-state index in [4.69, 9.17) is 14.2 Å². The third-order valence-corrected chi connectivity index (χ3v) is 7.12. The first-order valence-electron chi connectivity index (χ1n) is 14.3. The summed E-state index contributed by atoms with van der Waals surface area (Å²) in [5, 5.41) is 0. The number of hydrogen-bond donors (Lipinski definition) is 0. The molecule has 2 fully saturated rings. The number of guanidine groups is 1. The van der Waals surface area contributed by atoms with Crippen LogP contribution < -0.4 is 4.74 Å². The van der Waals surface area contributed by atoms with Crippen molar-refractivity contribution in [3.8, 4) is 5.75 Å². The Bertz CT molecular complexity index is 1280. The maximum Gasteiger partial charge on any atom is 0.437 e. The zero-order valence-corrected chi connectivity index (χ0v) is 25.4. The highest BCUT2D eigenvalue weighted by Crippen LogP contribution is 2.48. The molecule has 1 saturated heterocycles. The van der Waals surface area contributed by atoms with Gasteiger partial charge in [-0.15, -0.1) is 4.99 Å². The van der Waals surface area contributed by atoms with Gasteiger partial charge in [0, 0.05) is 6.54 Å². The van der Waals surface area contributed by atoms with Gasteiger partial charge in [-0.3, -0.25) is 0 Å². The van der Waals surface area contributed by atoms with E-state index in [1.165, 1.54) is 4.90 Å². The van der Waals surface area contributed by atoms with Crippen molar-refractivity contribution in [3.63, 3.8) is 0 Å². The van der Waals surface area contributed by atoms with Crippen LogP contribution >= 0.6 is 0 Å². The molecular weight excluding hydrogens is 518 g/mol. The summed E-state index contributed by atoms with van der Waals surface area (Å²) in [5.41, 5.74) is 0.624. The van der Waals surface area contributed by atoms with Gasteiger partial charge in [-0.1, -0.05) is 61.7 Å². The summed E-state index contributed by atoms with van der Waals surface area (Å²) >= 11 is 0. The molecule has 0 bridgehead atoms. The molecule has 1 aliphatic heterocycles. The predicted molar refractivity (Wildman–Crippen MR) is 161 cm³/mol. The lowest BCUT2D eigenvalue weighted by Crippen LogP contribution is -2.48. The normalized spacial score (nSPS) is 19.1. The third-order valence-electron chi connectivity index (χ3n) is 7.12. The molecule has 4 rings (SSSR count). The van der Waals surface area contributed by atoms with Gasteiger partial charge in [0.15, 0.2) is 0 Å². The fraction of sp³-hybridized carbons (Fsp3) is 0.485. The number of ether oxygens (including phenoxy) is 3. The van der Waals surface area contributed by atoms with Crippen molar-refractivity contribution >= 4 is 24.2 Å². The molecule has 0 aromatic heterocycles. The lowest BCUT2D eigenvalue weighted by Gasteiger charge is -2.42. The van der Waals surface area contributed by atoms with Crippen molar-refractivity contribution in [1.82, 2.24) is 9.80 Å². The van der Waals surface area contributed by atoms with E-state index in [-0.39, 0.29) is 5.96 Å². The smallest absolute Gasteiger partial charge is 0.437 e. The van der Waals surface area contributed by atoms with Gasteiger partial charge in [0.05, 0.1) is 18.3 Å². The fourth-order valence-electron chi connectivity index (χ4n) is 5.43. The first-order valence-corrected chi connectivity index (χ1v) is 14.3. The molecule has 2 amide bonds. The van der Waals surface area contributed by atoms with E-state index in [0.29, 0.717) is 6.54 Å². The highest BCUT2D eigenvalue weighted by atomic mass is 16.6. The molecule has 0 radical (unpaired) electrons. The van der Waals surface area contributed by atoms with Crippen LogP contribution in [0.15, 0.2) is 65.3 Å². The van der Waals surface area contributed by atoms with Gasteiger partial charge in [-0.05, 0) is 83.7 Å². The molecule has 1 spiro atoms. The van der Waals surface area contributed by atoms with Crippen LogP contribution in [0.1, 0.15) is 84.8 Å². The predicted octanol–water partition coefficient (Wildman–Crippen LogP) is 7.78. The van der Waals surface area contributed by atoms with Crippen molar-refractivity contribution in [2.75, 3.05) is 7.11 Å². The molecule has 0 unspecified atom stereocenters. The van der Waals surface area contributed by atoms with Crippen LogP contribution in [0.5, 0.6) is 5.75 Å². The number of benzene rings is 2. The van der Waals surface area contributed by atoms with Gasteiger partial charge in [-0.25, -0.2) is 14.5 Å². The molecule has 2 aliphatic rings. The zero-order valence-electron chi connectivity index (χ0n) is 25.4. The standard InChI is InChI=1S/C33H43N3O5/c1-31(2,3)40-29(37)34-28-35(23-25-16-18-26(39-7)19-17-25)33(20-12-9-13-21-33)27(22-24-14-10-8-11-15-24)36(28)30(38)41-32(4,5)6/h8,10-11,14-19,22H,9,12-13,20-21,23H2,1-7H3/b27-22-,34-28-. The summed E-state index contributed by atoms with van der Waals surface area (Å²) in [6.45, 7) is 11.3. The number of carbonyl (C=O) groups is 2. The van der Waals surface area contributed by atoms with Crippen molar-refractivity contribution in [1.29, 1.82) is 0 Å². The minimum atomic E-state index is -0.757. The van der Waals surface area contributed by atoms with Crippen molar-refractivity contribution in [2.24, 2.45) is 4.99 Å². The summed E-state index contributed by atoms with van der Waals surface area (Å²) in [6, 6.07) is 17.7. The van der Waals surface area contributed by atoms with E-state index in [2.05, 4.69) is 9.89 Å². The van der Waals surface area contributed by atoms with Crippen molar-refractivity contribution in [2.45, 2.75) is 96.9 Å². The summed E-state index contributed by atoms with van der Waals surface area (Å²) in [5.74, 6) is 0.971.